The fourth-order valence-corrected chi connectivity index (χ4v) is 1.48. The largest absolute Gasteiger partial charge is 0.304 e. The van der Waals surface area contributed by atoms with Crippen molar-refractivity contribution < 1.29 is 0 Å². The molecule has 0 saturated heterocycles. The number of hydrogen-bond acceptors (Lipinski definition) is 1. The SMILES string of the molecule is CCc1cc(C)n2cncc2c1. The molecule has 2 rings (SSSR count). The molecule has 2 heteroatoms. The number of aryl methyl sites for hydroxylation is 2. The zero-order valence-corrected chi connectivity index (χ0v) is 7.41. The molecular weight excluding hydrogens is 148 g/mol. The van der Waals surface area contributed by atoms with E-state index in [1.165, 1.54) is 16.8 Å². The van der Waals surface area contributed by atoms with Crippen LogP contribution in [0.5, 0.6) is 0 Å². The van der Waals surface area contributed by atoms with E-state index in [-0.39, 0.29) is 0 Å². The Morgan fingerprint density at radius 3 is 3.00 bits per heavy atom. The van der Waals surface area contributed by atoms with E-state index >= 15 is 0 Å². The Bertz CT molecular complexity index is 401. The Morgan fingerprint density at radius 2 is 2.25 bits per heavy atom. The lowest BCUT2D eigenvalue weighted by Crippen LogP contribution is -1.91. The number of pyridine rings is 1. The van der Waals surface area contributed by atoms with Crippen molar-refractivity contribution in [1.82, 2.24) is 9.38 Å². The molecule has 0 spiro atoms. The Kier molecular flexibility index (Phi) is 1.61. The van der Waals surface area contributed by atoms with Gasteiger partial charge in [-0.15, -0.1) is 0 Å². The molecule has 0 unspecified atom stereocenters. The molecule has 0 bridgehead atoms. The summed E-state index contributed by atoms with van der Waals surface area (Å²) in [4.78, 5) is 4.10. The molecule has 2 aromatic rings. The van der Waals surface area contributed by atoms with E-state index in [1.807, 2.05) is 12.5 Å². The zero-order valence-electron chi connectivity index (χ0n) is 7.41. The van der Waals surface area contributed by atoms with Crippen LogP contribution in [0.4, 0.5) is 0 Å². The maximum atomic E-state index is 4.10. The molecule has 0 aliphatic rings. The predicted molar refractivity (Wildman–Crippen MR) is 49.3 cm³/mol. The Hall–Kier alpha value is -1.31. The highest BCUT2D eigenvalue weighted by Crippen LogP contribution is 2.10. The number of fused-ring (bicyclic) bond motifs is 1. The second-order valence-electron chi connectivity index (χ2n) is 3.05. The van der Waals surface area contributed by atoms with Gasteiger partial charge in [-0.1, -0.05) is 6.92 Å². The minimum absolute atomic E-state index is 1.09. The number of imidazole rings is 1. The van der Waals surface area contributed by atoms with Gasteiger partial charge in [-0.25, -0.2) is 4.98 Å². The molecule has 0 saturated carbocycles. The van der Waals surface area contributed by atoms with E-state index in [2.05, 4.69) is 35.4 Å². The summed E-state index contributed by atoms with van der Waals surface area (Å²) in [6.07, 6.45) is 4.83. The summed E-state index contributed by atoms with van der Waals surface area (Å²) in [6, 6.07) is 4.38. The first kappa shape index (κ1) is 7.35. The van der Waals surface area contributed by atoms with Gasteiger partial charge in [-0.3, -0.25) is 0 Å². The summed E-state index contributed by atoms with van der Waals surface area (Å²) < 4.78 is 2.10. The molecule has 0 aliphatic carbocycles. The Labute approximate surface area is 71.9 Å². The van der Waals surface area contributed by atoms with Gasteiger partial charge in [0.1, 0.15) is 0 Å². The van der Waals surface area contributed by atoms with Crippen LogP contribution in [0.15, 0.2) is 24.7 Å². The summed E-state index contributed by atoms with van der Waals surface area (Å²) in [5, 5.41) is 0. The predicted octanol–water partition coefficient (Wildman–Crippen LogP) is 2.21. The lowest BCUT2D eigenvalue weighted by Gasteiger charge is -2.02. The molecule has 0 fully saturated rings. The first-order valence-electron chi connectivity index (χ1n) is 4.23. The van der Waals surface area contributed by atoms with Crippen LogP contribution in [0.2, 0.25) is 0 Å². The number of rotatable bonds is 1. The van der Waals surface area contributed by atoms with Crippen LogP contribution < -0.4 is 0 Å². The van der Waals surface area contributed by atoms with E-state index in [9.17, 15) is 0 Å². The molecule has 0 aliphatic heterocycles. The number of hydrogen-bond donors (Lipinski definition) is 0. The maximum absolute atomic E-state index is 4.10. The third-order valence-electron chi connectivity index (χ3n) is 2.18. The molecule has 0 radical (unpaired) electrons. The van der Waals surface area contributed by atoms with Crippen LogP contribution in [0.3, 0.4) is 0 Å². The quantitative estimate of drug-likeness (QED) is 0.625. The highest BCUT2D eigenvalue weighted by molar-refractivity contribution is 5.48. The lowest BCUT2D eigenvalue weighted by molar-refractivity contribution is 1.04. The monoisotopic (exact) mass is 160 g/mol. The van der Waals surface area contributed by atoms with Crippen LogP contribution in [0, 0.1) is 6.92 Å². The zero-order chi connectivity index (χ0) is 8.55. The van der Waals surface area contributed by atoms with Gasteiger partial charge in [0, 0.05) is 5.69 Å². The first-order chi connectivity index (χ1) is 5.81. The van der Waals surface area contributed by atoms with Crippen molar-refractivity contribution >= 4 is 5.52 Å². The molecule has 0 aromatic carbocycles. The van der Waals surface area contributed by atoms with Crippen molar-refractivity contribution in [2.24, 2.45) is 0 Å². The number of nitrogens with zero attached hydrogens (tertiary/aromatic N) is 2. The summed E-state index contributed by atoms with van der Waals surface area (Å²) in [7, 11) is 0. The van der Waals surface area contributed by atoms with Crippen LogP contribution in [-0.2, 0) is 6.42 Å². The highest BCUT2D eigenvalue weighted by Gasteiger charge is 1.98. The van der Waals surface area contributed by atoms with Gasteiger partial charge < -0.3 is 4.40 Å². The fourth-order valence-electron chi connectivity index (χ4n) is 1.48. The minimum atomic E-state index is 1.09. The normalized spacial score (nSPS) is 10.8. The van der Waals surface area contributed by atoms with Crippen molar-refractivity contribution in [2.75, 3.05) is 0 Å². The van der Waals surface area contributed by atoms with Crippen LogP contribution >= 0.6 is 0 Å². The van der Waals surface area contributed by atoms with Crippen LogP contribution in [0.25, 0.3) is 5.52 Å². The Morgan fingerprint density at radius 1 is 1.42 bits per heavy atom. The average Bonchev–Trinajstić information content (AvgIpc) is 2.52. The van der Waals surface area contributed by atoms with E-state index in [1.54, 1.807) is 0 Å². The molecule has 0 atom stereocenters. The van der Waals surface area contributed by atoms with Crippen molar-refractivity contribution in [1.29, 1.82) is 0 Å². The highest BCUT2D eigenvalue weighted by atomic mass is 15.0. The van der Waals surface area contributed by atoms with Crippen LogP contribution in [0.1, 0.15) is 18.2 Å². The summed E-state index contributed by atoms with van der Waals surface area (Å²) in [5.41, 5.74) is 3.81. The lowest BCUT2D eigenvalue weighted by atomic mass is 10.2. The molecular formula is C10H12N2. The molecule has 0 amide bonds. The van der Waals surface area contributed by atoms with Gasteiger partial charge in [0.25, 0.3) is 0 Å². The minimum Gasteiger partial charge on any atom is -0.304 e. The average molecular weight is 160 g/mol. The third-order valence-corrected chi connectivity index (χ3v) is 2.18. The molecule has 2 heterocycles. The first-order valence-corrected chi connectivity index (χ1v) is 4.23. The molecule has 12 heavy (non-hydrogen) atoms. The van der Waals surface area contributed by atoms with E-state index < -0.39 is 0 Å². The second kappa shape index (κ2) is 2.63. The fraction of sp³-hybridized carbons (Fsp3) is 0.300. The van der Waals surface area contributed by atoms with Gasteiger partial charge in [0.15, 0.2) is 0 Å². The number of aromatic nitrogens is 2. The standard InChI is InChI=1S/C10H12N2/c1-3-9-4-8(2)12-7-11-6-10(12)5-9/h4-7H,3H2,1-2H3. The van der Waals surface area contributed by atoms with Crippen LogP contribution in [-0.4, -0.2) is 9.38 Å². The molecule has 62 valence electrons. The summed E-state index contributed by atoms with van der Waals surface area (Å²) >= 11 is 0. The van der Waals surface area contributed by atoms with Crippen molar-refractivity contribution in [3.63, 3.8) is 0 Å². The van der Waals surface area contributed by atoms with E-state index in [0.29, 0.717) is 0 Å². The second-order valence-corrected chi connectivity index (χ2v) is 3.05. The van der Waals surface area contributed by atoms with Gasteiger partial charge in [0.2, 0.25) is 0 Å². The molecule has 0 N–H and O–H groups in total. The van der Waals surface area contributed by atoms with Crippen molar-refractivity contribution in [3.05, 3.63) is 35.9 Å². The molecule has 2 aromatic heterocycles. The van der Waals surface area contributed by atoms with E-state index in [0.717, 1.165) is 6.42 Å². The molecule has 2 nitrogen and oxygen atoms in total. The summed E-state index contributed by atoms with van der Waals surface area (Å²) in [5.74, 6) is 0. The van der Waals surface area contributed by atoms with Gasteiger partial charge in [-0.05, 0) is 31.0 Å². The Balaban J connectivity index is 2.75. The van der Waals surface area contributed by atoms with E-state index in [4.69, 9.17) is 0 Å². The topological polar surface area (TPSA) is 17.3 Å². The summed E-state index contributed by atoms with van der Waals surface area (Å²) in [6.45, 7) is 4.27. The van der Waals surface area contributed by atoms with Crippen molar-refractivity contribution in [3.8, 4) is 0 Å². The van der Waals surface area contributed by atoms with Gasteiger partial charge >= 0.3 is 0 Å². The maximum Gasteiger partial charge on any atom is 0.0994 e. The third kappa shape index (κ3) is 0.998. The van der Waals surface area contributed by atoms with Gasteiger partial charge in [0.05, 0.1) is 18.0 Å². The van der Waals surface area contributed by atoms with Crippen molar-refractivity contribution in [2.45, 2.75) is 20.3 Å². The smallest absolute Gasteiger partial charge is 0.0994 e. The van der Waals surface area contributed by atoms with Gasteiger partial charge in [-0.2, -0.15) is 0 Å².